The predicted molar refractivity (Wildman–Crippen MR) is 96.0 cm³/mol. The number of carbonyl (C=O) groups excluding carboxylic acids is 1. The summed E-state index contributed by atoms with van der Waals surface area (Å²) in [6, 6.07) is 1.05. The summed E-state index contributed by atoms with van der Waals surface area (Å²) < 4.78 is 0. The Morgan fingerprint density at radius 2 is 1.88 bits per heavy atom. The molecule has 2 N–H and O–H groups in total. The fourth-order valence-corrected chi connectivity index (χ4v) is 4.85. The summed E-state index contributed by atoms with van der Waals surface area (Å²) in [6.07, 6.45) is 11.9. The number of rotatable bonds is 4. The molecule has 2 aliphatic carbocycles. The van der Waals surface area contributed by atoms with Crippen LogP contribution in [0.2, 0.25) is 0 Å². The van der Waals surface area contributed by atoms with Gasteiger partial charge in [-0.2, -0.15) is 0 Å². The molecule has 138 valence electrons. The summed E-state index contributed by atoms with van der Waals surface area (Å²) in [6.45, 7) is 2.88. The lowest BCUT2D eigenvalue weighted by Gasteiger charge is -2.40. The molecule has 1 saturated heterocycles. The fourth-order valence-electron chi connectivity index (χ4n) is 4.85. The van der Waals surface area contributed by atoms with Gasteiger partial charge in [-0.15, -0.1) is 0 Å². The highest BCUT2D eigenvalue weighted by atomic mass is 16.3. The third-order valence-electron chi connectivity index (χ3n) is 6.35. The molecule has 0 aromatic rings. The van der Waals surface area contributed by atoms with Crippen molar-refractivity contribution in [1.29, 1.82) is 0 Å². The van der Waals surface area contributed by atoms with Crippen LogP contribution in [0, 0.1) is 5.92 Å². The molecule has 3 rings (SSSR count). The maximum absolute atomic E-state index is 12.5. The second-order valence-corrected chi connectivity index (χ2v) is 8.21. The molecular weight excluding hydrogens is 302 g/mol. The van der Waals surface area contributed by atoms with Gasteiger partial charge in [0.05, 0.1) is 6.10 Å². The van der Waals surface area contributed by atoms with E-state index < -0.39 is 0 Å². The predicted octanol–water partition coefficient (Wildman–Crippen LogP) is 2.59. The second kappa shape index (κ2) is 8.52. The van der Waals surface area contributed by atoms with Crippen LogP contribution >= 0.6 is 0 Å². The van der Waals surface area contributed by atoms with Crippen molar-refractivity contribution < 1.29 is 9.90 Å². The summed E-state index contributed by atoms with van der Waals surface area (Å²) in [5.41, 5.74) is 0. The average Bonchev–Trinajstić information content (AvgIpc) is 3.00. The van der Waals surface area contributed by atoms with Gasteiger partial charge in [-0.3, -0.25) is 4.90 Å². The maximum atomic E-state index is 12.5. The van der Waals surface area contributed by atoms with Gasteiger partial charge < -0.3 is 15.3 Å². The molecule has 0 aromatic heterocycles. The molecule has 0 bridgehead atoms. The van der Waals surface area contributed by atoms with Crippen LogP contribution in [-0.4, -0.2) is 65.8 Å². The number of aliphatic hydroxyl groups is 1. The first-order valence-corrected chi connectivity index (χ1v) is 10.1. The third-order valence-corrected chi connectivity index (χ3v) is 6.35. The second-order valence-electron chi connectivity index (χ2n) is 8.21. The fraction of sp³-hybridized carbons (Fsp3) is 0.947. The van der Waals surface area contributed by atoms with E-state index in [2.05, 4.69) is 10.2 Å². The maximum Gasteiger partial charge on any atom is 0.317 e. The minimum Gasteiger partial charge on any atom is -0.393 e. The molecular formula is C19H35N3O2. The van der Waals surface area contributed by atoms with Gasteiger partial charge in [0.15, 0.2) is 0 Å². The lowest BCUT2D eigenvalue weighted by molar-refractivity contribution is 0.102. The molecule has 5 nitrogen and oxygen atoms in total. The normalized spacial score (nSPS) is 32.7. The van der Waals surface area contributed by atoms with Crippen molar-refractivity contribution in [3.63, 3.8) is 0 Å². The van der Waals surface area contributed by atoms with E-state index in [-0.39, 0.29) is 24.1 Å². The topological polar surface area (TPSA) is 55.8 Å². The number of aliphatic hydroxyl groups excluding tert-OH is 1. The van der Waals surface area contributed by atoms with Crippen molar-refractivity contribution in [2.75, 3.05) is 26.7 Å². The van der Waals surface area contributed by atoms with E-state index in [4.69, 9.17) is 0 Å². The van der Waals surface area contributed by atoms with E-state index in [1.165, 1.54) is 45.1 Å². The highest BCUT2D eigenvalue weighted by Crippen LogP contribution is 2.27. The first kappa shape index (κ1) is 18.0. The number of carbonyl (C=O) groups is 1. The van der Waals surface area contributed by atoms with Gasteiger partial charge in [-0.25, -0.2) is 4.79 Å². The van der Waals surface area contributed by atoms with E-state index in [0.29, 0.717) is 6.54 Å². The Labute approximate surface area is 146 Å². The zero-order valence-corrected chi connectivity index (χ0v) is 15.3. The number of hydrogen-bond acceptors (Lipinski definition) is 3. The zero-order chi connectivity index (χ0) is 16.9. The molecule has 2 amide bonds. The van der Waals surface area contributed by atoms with Crippen LogP contribution in [0.1, 0.15) is 64.2 Å². The number of nitrogens with one attached hydrogen (secondary N) is 1. The van der Waals surface area contributed by atoms with Gasteiger partial charge in [-0.05, 0) is 45.1 Å². The Hall–Kier alpha value is -0.810. The molecule has 0 radical (unpaired) electrons. The van der Waals surface area contributed by atoms with Gasteiger partial charge >= 0.3 is 6.03 Å². The van der Waals surface area contributed by atoms with E-state index in [1.807, 2.05) is 7.05 Å². The minimum absolute atomic E-state index is 0.0320. The summed E-state index contributed by atoms with van der Waals surface area (Å²) in [5.74, 6) is 0.255. The Morgan fingerprint density at radius 3 is 2.58 bits per heavy atom. The smallest absolute Gasteiger partial charge is 0.317 e. The number of amides is 2. The molecule has 3 fully saturated rings. The van der Waals surface area contributed by atoms with E-state index >= 15 is 0 Å². The molecule has 5 heteroatoms. The number of likely N-dealkylation sites (tertiary alicyclic amines) is 1. The van der Waals surface area contributed by atoms with Crippen molar-refractivity contribution in [3.05, 3.63) is 0 Å². The number of piperidine rings is 1. The Kier molecular flexibility index (Phi) is 6.39. The molecule has 3 aliphatic rings. The molecule has 1 aliphatic heterocycles. The van der Waals surface area contributed by atoms with Crippen molar-refractivity contribution in [2.45, 2.75) is 82.4 Å². The molecule has 0 spiro atoms. The first-order valence-electron chi connectivity index (χ1n) is 10.1. The SMILES string of the molecule is CN(CC1CCCC1O)C(=O)NC1CCCN(C2CCCCC2)C1. The van der Waals surface area contributed by atoms with Crippen LogP contribution in [0.25, 0.3) is 0 Å². The molecule has 0 aromatic carbocycles. The summed E-state index contributed by atoms with van der Waals surface area (Å²) in [4.78, 5) is 16.9. The number of hydrogen-bond donors (Lipinski definition) is 2. The number of nitrogens with zero attached hydrogens (tertiary/aromatic N) is 2. The van der Waals surface area contributed by atoms with E-state index in [9.17, 15) is 9.90 Å². The first-order chi connectivity index (χ1) is 11.6. The lowest BCUT2D eigenvalue weighted by Crippen LogP contribution is -2.53. The van der Waals surface area contributed by atoms with Crippen molar-refractivity contribution >= 4 is 6.03 Å². The van der Waals surface area contributed by atoms with E-state index in [0.717, 1.165) is 38.3 Å². The van der Waals surface area contributed by atoms with Crippen LogP contribution in [0.4, 0.5) is 4.79 Å². The highest BCUT2D eigenvalue weighted by molar-refractivity contribution is 5.74. The Bertz CT molecular complexity index is 411. The van der Waals surface area contributed by atoms with Crippen LogP contribution in [0.3, 0.4) is 0 Å². The van der Waals surface area contributed by atoms with Gasteiger partial charge in [0.25, 0.3) is 0 Å². The average molecular weight is 338 g/mol. The molecule has 24 heavy (non-hydrogen) atoms. The van der Waals surface area contributed by atoms with Crippen LogP contribution in [0.15, 0.2) is 0 Å². The van der Waals surface area contributed by atoms with Crippen LogP contribution < -0.4 is 5.32 Å². The van der Waals surface area contributed by atoms with Crippen LogP contribution in [0.5, 0.6) is 0 Å². The monoisotopic (exact) mass is 337 g/mol. The van der Waals surface area contributed by atoms with Gasteiger partial charge in [0.1, 0.15) is 0 Å². The minimum atomic E-state index is -0.225. The summed E-state index contributed by atoms with van der Waals surface area (Å²) in [5, 5.41) is 13.2. The zero-order valence-electron chi connectivity index (χ0n) is 15.3. The van der Waals surface area contributed by atoms with Gasteiger partial charge in [0, 0.05) is 38.1 Å². The third kappa shape index (κ3) is 4.63. The largest absolute Gasteiger partial charge is 0.393 e. The van der Waals surface area contributed by atoms with Gasteiger partial charge in [-0.1, -0.05) is 25.7 Å². The number of urea groups is 1. The Balaban J connectivity index is 1.44. The van der Waals surface area contributed by atoms with E-state index in [1.54, 1.807) is 4.90 Å². The summed E-state index contributed by atoms with van der Waals surface area (Å²) >= 11 is 0. The standard InChI is InChI=1S/C19H35N3O2/c1-21(13-15-7-5-11-18(15)23)19(24)20-16-8-6-12-22(14-16)17-9-3-2-4-10-17/h15-18,23H,2-14H2,1H3,(H,20,24). The van der Waals surface area contributed by atoms with Crippen molar-refractivity contribution in [1.82, 2.24) is 15.1 Å². The molecule has 3 atom stereocenters. The Morgan fingerprint density at radius 1 is 1.08 bits per heavy atom. The lowest BCUT2D eigenvalue weighted by atomic mass is 9.92. The van der Waals surface area contributed by atoms with Crippen LogP contribution in [-0.2, 0) is 0 Å². The van der Waals surface area contributed by atoms with Gasteiger partial charge in [0.2, 0.25) is 0 Å². The molecule has 2 saturated carbocycles. The summed E-state index contributed by atoms with van der Waals surface area (Å²) in [7, 11) is 1.86. The molecule has 3 unspecified atom stereocenters. The highest BCUT2D eigenvalue weighted by Gasteiger charge is 2.30. The van der Waals surface area contributed by atoms with Crippen molar-refractivity contribution in [2.24, 2.45) is 5.92 Å². The quantitative estimate of drug-likeness (QED) is 0.829. The van der Waals surface area contributed by atoms with Crippen molar-refractivity contribution in [3.8, 4) is 0 Å². The molecule has 1 heterocycles.